The van der Waals surface area contributed by atoms with Gasteiger partial charge in [-0.15, -0.1) is 0 Å². The van der Waals surface area contributed by atoms with Crippen LogP contribution >= 0.6 is 0 Å². The van der Waals surface area contributed by atoms with Crippen LogP contribution in [0.15, 0.2) is 54.6 Å². The third-order valence-electron chi connectivity index (χ3n) is 3.75. The number of nitrogens with one attached hydrogen (secondary N) is 1. The maximum atomic E-state index is 12.3. The van der Waals surface area contributed by atoms with Crippen molar-refractivity contribution >= 4 is 11.5 Å². The summed E-state index contributed by atoms with van der Waals surface area (Å²) in [5, 5.41) is 8.01. The number of rotatable bonds is 8. The molecule has 0 heterocycles. The first-order valence-corrected chi connectivity index (χ1v) is 7.95. The highest BCUT2D eigenvalue weighted by atomic mass is 16.1. The van der Waals surface area contributed by atoms with Gasteiger partial charge < -0.3 is 5.41 Å². The van der Waals surface area contributed by atoms with E-state index >= 15 is 0 Å². The van der Waals surface area contributed by atoms with Gasteiger partial charge in [-0.1, -0.05) is 74.4 Å². The molecule has 0 amide bonds. The van der Waals surface area contributed by atoms with Gasteiger partial charge in [-0.3, -0.25) is 4.79 Å². The van der Waals surface area contributed by atoms with Crippen molar-refractivity contribution in [3.63, 3.8) is 0 Å². The van der Waals surface area contributed by atoms with Crippen molar-refractivity contribution < 1.29 is 4.79 Å². The average Bonchev–Trinajstić information content (AvgIpc) is 2.56. The predicted octanol–water partition coefficient (Wildman–Crippen LogP) is 5.06. The van der Waals surface area contributed by atoms with Crippen molar-refractivity contribution in [3.8, 4) is 0 Å². The van der Waals surface area contributed by atoms with E-state index in [2.05, 4.69) is 6.92 Å². The molecular formula is C20H23NO. The summed E-state index contributed by atoms with van der Waals surface area (Å²) in [7, 11) is 0. The molecule has 2 aromatic carbocycles. The second kappa shape index (κ2) is 8.28. The molecule has 114 valence electrons. The molecule has 2 rings (SSSR count). The topological polar surface area (TPSA) is 40.9 Å². The van der Waals surface area contributed by atoms with Crippen LogP contribution in [-0.2, 0) is 6.42 Å². The Balaban J connectivity index is 1.96. The predicted molar refractivity (Wildman–Crippen MR) is 91.9 cm³/mol. The first kappa shape index (κ1) is 16.2. The van der Waals surface area contributed by atoms with Crippen molar-refractivity contribution in [2.45, 2.75) is 39.0 Å². The van der Waals surface area contributed by atoms with Crippen LogP contribution in [0.2, 0.25) is 0 Å². The Hall–Kier alpha value is -2.22. The van der Waals surface area contributed by atoms with E-state index < -0.39 is 0 Å². The minimum absolute atomic E-state index is 0.0465. The molecule has 0 radical (unpaired) electrons. The smallest absolute Gasteiger partial charge is 0.193 e. The van der Waals surface area contributed by atoms with Gasteiger partial charge >= 0.3 is 0 Å². The fraction of sp³-hybridized carbons (Fsp3) is 0.300. The Kier molecular flexibility index (Phi) is 6.08. The fourth-order valence-electron chi connectivity index (χ4n) is 2.45. The summed E-state index contributed by atoms with van der Waals surface area (Å²) in [4.78, 5) is 12.3. The summed E-state index contributed by atoms with van der Waals surface area (Å²) in [5.74, 6) is 0.0465. The normalized spacial score (nSPS) is 10.4. The van der Waals surface area contributed by atoms with Crippen LogP contribution in [-0.4, -0.2) is 11.5 Å². The zero-order valence-corrected chi connectivity index (χ0v) is 13.1. The van der Waals surface area contributed by atoms with Gasteiger partial charge in [0.2, 0.25) is 0 Å². The molecule has 0 aliphatic carbocycles. The lowest BCUT2D eigenvalue weighted by Crippen LogP contribution is -2.04. The van der Waals surface area contributed by atoms with Crippen molar-refractivity contribution in [2.24, 2.45) is 0 Å². The minimum atomic E-state index is 0.0465. The molecule has 0 bridgehead atoms. The van der Waals surface area contributed by atoms with E-state index in [4.69, 9.17) is 5.41 Å². The molecule has 0 aromatic heterocycles. The highest BCUT2D eigenvalue weighted by molar-refractivity contribution is 6.08. The van der Waals surface area contributed by atoms with Gasteiger partial charge in [0.05, 0.1) is 0 Å². The third kappa shape index (κ3) is 4.66. The summed E-state index contributed by atoms with van der Waals surface area (Å²) < 4.78 is 0. The van der Waals surface area contributed by atoms with Crippen molar-refractivity contribution in [1.29, 1.82) is 5.41 Å². The Morgan fingerprint density at radius 3 is 2.18 bits per heavy atom. The maximum Gasteiger partial charge on any atom is 0.193 e. The monoisotopic (exact) mass is 293 g/mol. The highest BCUT2D eigenvalue weighted by Crippen LogP contribution is 2.12. The number of hydrogen-bond acceptors (Lipinski definition) is 2. The van der Waals surface area contributed by atoms with Crippen LogP contribution in [0, 0.1) is 5.41 Å². The van der Waals surface area contributed by atoms with Crippen LogP contribution in [0.5, 0.6) is 0 Å². The van der Waals surface area contributed by atoms with E-state index in [1.807, 2.05) is 54.6 Å². The Morgan fingerprint density at radius 1 is 0.909 bits per heavy atom. The Bertz CT molecular complexity index is 614. The summed E-state index contributed by atoms with van der Waals surface area (Å²) in [5.41, 5.74) is 3.29. The number of carbonyl (C=O) groups excluding carboxylic acids is 1. The van der Waals surface area contributed by atoms with Gasteiger partial charge in [0.15, 0.2) is 5.78 Å². The third-order valence-corrected chi connectivity index (χ3v) is 3.75. The van der Waals surface area contributed by atoms with E-state index in [0.29, 0.717) is 17.5 Å². The van der Waals surface area contributed by atoms with E-state index in [9.17, 15) is 4.79 Å². The summed E-state index contributed by atoms with van der Waals surface area (Å²) in [6, 6.07) is 17.0. The lowest BCUT2D eigenvalue weighted by atomic mass is 9.99. The minimum Gasteiger partial charge on any atom is -0.309 e. The van der Waals surface area contributed by atoms with Gasteiger partial charge in [0, 0.05) is 23.3 Å². The number of hydrogen-bond donors (Lipinski definition) is 1. The van der Waals surface area contributed by atoms with Gasteiger partial charge in [-0.2, -0.15) is 0 Å². The molecule has 0 saturated heterocycles. The van der Waals surface area contributed by atoms with Crippen molar-refractivity contribution in [3.05, 3.63) is 71.3 Å². The highest BCUT2D eigenvalue weighted by Gasteiger charge is 2.08. The fourth-order valence-corrected chi connectivity index (χ4v) is 2.45. The molecule has 0 aliphatic rings. The van der Waals surface area contributed by atoms with Gasteiger partial charge in [0.25, 0.3) is 0 Å². The van der Waals surface area contributed by atoms with Crippen LogP contribution in [0.1, 0.15) is 54.1 Å². The van der Waals surface area contributed by atoms with E-state index in [0.717, 1.165) is 24.1 Å². The number of ketones is 1. The van der Waals surface area contributed by atoms with E-state index in [-0.39, 0.29) is 5.78 Å². The molecule has 0 aliphatic heterocycles. The van der Waals surface area contributed by atoms with Crippen molar-refractivity contribution in [1.82, 2.24) is 0 Å². The quantitative estimate of drug-likeness (QED) is 0.412. The first-order chi connectivity index (χ1) is 10.7. The molecule has 22 heavy (non-hydrogen) atoms. The van der Waals surface area contributed by atoms with Gasteiger partial charge in [0.1, 0.15) is 0 Å². The molecule has 0 saturated carbocycles. The number of benzene rings is 2. The molecule has 0 spiro atoms. The lowest BCUT2D eigenvalue weighted by molar-refractivity contribution is 0.103. The van der Waals surface area contributed by atoms with Crippen LogP contribution in [0.4, 0.5) is 0 Å². The molecule has 1 N–H and O–H groups in total. The molecule has 0 unspecified atom stereocenters. The Labute approximate surface area is 132 Å². The molecule has 2 nitrogen and oxygen atoms in total. The number of carbonyl (C=O) groups is 1. The zero-order chi connectivity index (χ0) is 15.8. The lowest BCUT2D eigenvalue weighted by Gasteiger charge is -2.06. The van der Waals surface area contributed by atoms with Crippen LogP contribution in [0.3, 0.4) is 0 Å². The SMILES string of the molecule is CCCCCC(=N)Cc1ccc(C(=O)c2ccccc2)cc1. The van der Waals surface area contributed by atoms with Crippen LogP contribution in [0.25, 0.3) is 0 Å². The second-order valence-corrected chi connectivity index (χ2v) is 5.63. The zero-order valence-electron chi connectivity index (χ0n) is 13.1. The largest absolute Gasteiger partial charge is 0.309 e. The van der Waals surface area contributed by atoms with E-state index in [1.54, 1.807) is 0 Å². The van der Waals surface area contributed by atoms with E-state index in [1.165, 1.54) is 12.8 Å². The molecule has 0 fully saturated rings. The molecule has 2 aromatic rings. The van der Waals surface area contributed by atoms with Gasteiger partial charge in [-0.05, 0) is 18.4 Å². The second-order valence-electron chi connectivity index (χ2n) is 5.63. The van der Waals surface area contributed by atoms with Crippen LogP contribution < -0.4 is 0 Å². The standard InChI is InChI=1S/C20H23NO/c1-2-3-5-10-19(21)15-16-11-13-18(14-12-16)20(22)17-8-6-4-7-9-17/h4,6-9,11-14,21H,2-3,5,10,15H2,1H3. The average molecular weight is 293 g/mol. The summed E-state index contributed by atoms with van der Waals surface area (Å²) in [6.45, 7) is 2.17. The Morgan fingerprint density at radius 2 is 1.55 bits per heavy atom. The molecule has 2 heteroatoms. The maximum absolute atomic E-state index is 12.3. The van der Waals surface area contributed by atoms with Crippen molar-refractivity contribution in [2.75, 3.05) is 0 Å². The number of unbranched alkanes of at least 4 members (excludes halogenated alkanes) is 2. The molecule has 0 atom stereocenters. The molecular weight excluding hydrogens is 270 g/mol. The van der Waals surface area contributed by atoms with Gasteiger partial charge in [-0.25, -0.2) is 0 Å². The summed E-state index contributed by atoms with van der Waals surface area (Å²) in [6.07, 6.45) is 5.03. The first-order valence-electron chi connectivity index (χ1n) is 7.95. The summed E-state index contributed by atoms with van der Waals surface area (Å²) >= 11 is 0.